The highest BCUT2D eigenvalue weighted by atomic mass is 16.6. The molecule has 3 rings (SSSR count). The SMILES string of the molecule is Cc1ccc(Nc2ncnc(NNC(=O)c3ccco3)c2[N+](=O)[O-])cc1C. The molecule has 0 fully saturated rings. The number of anilines is 3. The van der Waals surface area contributed by atoms with Gasteiger partial charge in [0.1, 0.15) is 6.33 Å². The third-order valence-corrected chi connectivity index (χ3v) is 3.81. The molecule has 0 unspecified atom stereocenters. The summed E-state index contributed by atoms with van der Waals surface area (Å²) in [6, 6.07) is 8.55. The number of hydrogen-bond donors (Lipinski definition) is 3. The van der Waals surface area contributed by atoms with E-state index in [-0.39, 0.29) is 17.4 Å². The molecule has 27 heavy (non-hydrogen) atoms. The first kappa shape index (κ1) is 17.9. The van der Waals surface area contributed by atoms with Crippen LogP contribution in [0.3, 0.4) is 0 Å². The first-order valence-electron chi connectivity index (χ1n) is 7.89. The van der Waals surface area contributed by atoms with Gasteiger partial charge in [0.15, 0.2) is 5.76 Å². The van der Waals surface area contributed by atoms with Crippen LogP contribution in [0.1, 0.15) is 21.7 Å². The molecule has 3 aromatic rings. The fourth-order valence-electron chi connectivity index (χ4n) is 2.28. The molecule has 0 saturated heterocycles. The second-order valence-electron chi connectivity index (χ2n) is 5.66. The lowest BCUT2D eigenvalue weighted by molar-refractivity contribution is -0.383. The fraction of sp³-hybridized carbons (Fsp3) is 0.118. The second kappa shape index (κ2) is 7.52. The Bertz CT molecular complexity index is 987. The van der Waals surface area contributed by atoms with Crippen molar-refractivity contribution in [3.8, 4) is 0 Å². The average molecular weight is 368 g/mol. The number of aryl methyl sites for hydroxylation is 2. The molecule has 2 aromatic heterocycles. The summed E-state index contributed by atoms with van der Waals surface area (Å²) in [5, 5.41) is 14.5. The van der Waals surface area contributed by atoms with Crippen LogP contribution in [0.5, 0.6) is 0 Å². The minimum absolute atomic E-state index is 0.00648. The van der Waals surface area contributed by atoms with Crippen molar-refractivity contribution in [3.63, 3.8) is 0 Å². The van der Waals surface area contributed by atoms with Crippen molar-refractivity contribution in [1.29, 1.82) is 0 Å². The van der Waals surface area contributed by atoms with Crippen molar-refractivity contribution in [1.82, 2.24) is 15.4 Å². The zero-order valence-corrected chi connectivity index (χ0v) is 14.5. The molecule has 1 amide bonds. The summed E-state index contributed by atoms with van der Waals surface area (Å²) in [6.45, 7) is 3.90. The van der Waals surface area contributed by atoms with E-state index >= 15 is 0 Å². The van der Waals surface area contributed by atoms with Crippen molar-refractivity contribution >= 4 is 28.9 Å². The van der Waals surface area contributed by atoms with Crippen LogP contribution in [0, 0.1) is 24.0 Å². The molecule has 0 bridgehead atoms. The van der Waals surface area contributed by atoms with Gasteiger partial charge in [-0.05, 0) is 49.2 Å². The highest BCUT2D eigenvalue weighted by Crippen LogP contribution is 2.31. The molecule has 3 N–H and O–H groups in total. The predicted octanol–water partition coefficient (Wildman–Crippen LogP) is 3.10. The average Bonchev–Trinajstić information content (AvgIpc) is 3.17. The number of hydrogen-bond acceptors (Lipinski definition) is 8. The van der Waals surface area contributed by atoms with Gasteiger partial charge in [-0.25, -0.2) is 9.97 Å². The van der Waals surface area contributed by atoms with Crippen LogP contribution in [0.25, 0.3) is 0 Å². The number of nitro groups is 1. The van der Waals surface area contributed by atoms with E-state index in [2.05, 4.69) is 26.1 Å². The quantitative estimate of drug-likeness (QED) is 0.446. The molecule has 1 aromatic carbocycles. The number of carbonyl (C=O) groups excluding carboxylic acids is 1. The van der Waals surface area contributed by atoms with E-state index in [1.165, 1.54) is 12.3 Å². The Hall–Kier alpha value is -3.95. The molecular formula is C17H16N6O4. The molecule has 0 radical (unpaired) electrons. The van der Waals surface area contributed by atoms with Crippen LogP contribution >= 0.6 is 0 Å². The van der Waals surface area contributed by atoms with Gasteiger partial charge in [0.2, 0.25) is 11.6 Å². The third-order valence-electron chi connectivity index (χ3n) is 3.81. The Labute approximate surface area is 153 Å². The Morgan fingerprint density at radius 1 is 1.15 bits per heavy atom. The number of rotatable bonds is 6. The number of furan rings is 1. The topological polar surface area (TPSA) is 135 Å². The molecule has 138 valence electrons. The molecule has 0 saturated carbocycles. The van der Waals surface area contributed by atoms with Crippen LogP contribution in [-0.4, -0.2) is 20.8 Å². The van der Waals surface area contributed by atoms with Gasteiger partial charge < -0.3 is 9.73 Å². The molecule has 0 spiro atoms. The normalized spacial score (nSPS) is 10.3. The van der Waals surface area contributed by atoms with E-state index in [0.717, 1.165) is 17.5 Å². The third kappa shape index (κ3) is 4.00. The van der Waals surface area contributed by atoms with E-state index in [4.69, 9.17) is 4.42 Å². The number of nitrogens with one attached hydrogen (secondary N) is 3. The molecule has 0 atom stereocenters. The Kier molecular flexibility index (Phi) is 4.97. The van der Waals surface area contributed by atoms with Gasteiger partial charge in [-0.15, -0.1) is 0 Å². The van der Waals surface area contributed by atoms with Gasteiger partial charge in [-0.2, -0.15) is 0 Å². The van der Waals surface area contributed by atoms with Gasteiger partial charge >= 0.3 is 11.6 Å². The van der Waals surface area contributed by atoms with Crippen LogP contribution in [0.4, 0.5) is 23.0 Å². The Morgan fingerprint density at radius 3 is 2.59 bits per heavy atom. The summed E-state index contributed by atoms with van der Waals surface area (Å²) >= 11 is 0. The maximum absolute atomic E-state index is 11.9. The number of amides is 1. The molecule has 10 heteroatoms. The summed E-state index contributed by atoms with van der Waals surface area (Å²) in [6.07, 6.45) is 2.49. The zero-order chi connectivity index (χ0) is 19.4. The minimum Gasteiger partial charge on any atom is -0.459 e. The summed E-state index contributed by atoms with van der Waals surface area (Å²) < 4.78 is 4.95. The van der Waals surface area contributed by atoms with Gasteiger partial charge in [-0.3, -0.25) is 25.8 Å². The number of carbonyl (C=O) groups is 1. The monoisotopic (exact) mass is 368 g/mol. The summed E-state index contributed by atoms with van der Waals surface area (Å²) in [5.74, 6) is -0.724. The van der Waals surface area contributed by atoms with Crippen molar-refractivity contribution in [2.75, 3.05) is 10.7 Å². The van der Waals surface area contributed by atoms with Crippen LogP contribution in [0.15, 0.2) is 47.3 Å². The first-order valence-corrected chi connectivity index (χ1v) is 7.89. The van der Waals surface area contributed by atoms with Gasteiger partial charge in [-0.1, -0.05) is 6.07 Å². The molecule has 0 aliphatic rings. The summed E-state index contributed by atoms with van der Waals surface area (Å²) in [5.41, 5.74) is 7.10. The lowest BCUT2D eigenvalue weighted by Crippen LogP contribution is -2.30. The number of aromatic nitrogens is 2. The highest BCUT2D eigenvalue weighted by Gasteiger charge is 2.24. The summed E-state index contributed by atoms with van der Waals surface area (Å²) in [7, 11) is 0. The predicted molar refractivity (Wildman–Crippen MR) is 97.7 cm³/mol. The standard InChI is InChI=1S/C17H16N6O4/c1-10-5-6-12(8-11(10)2)20-15-14(23(25)26)16(19-9-18-15)21-22-17(24)13-4-3-7-27-13/h3-9H,1-2H3,(H,22,24)(H2,18,19,20,21). The van der Waals surface area contributed by atoms with E-state index in [9.17, 15) is 14.9 Å². The Morgan fingerprint density at radius 2 is 1.93 bits per heavy atom. The van der Waals surface area contributed by atoms with Gasteiger partial charge in [0.25, 0.3) is 0 Å². The maximum atomic E-state index is 11.9. The summed E-state index contributed by atoms with van der Waals surface area (Å²) in [4.78, 5) is 30.6. The maximum Gasteiger partial charge on any atom is 0.355 e. The van der Waals surface area contributed by atoms with E-state index in [1.807, 2.05) is 26.0 Å². The molecule has 10 nitrogen and oxygen atoms in total. The van der Waals surface area contributed by atoms with Crippen molar-refractivity contribution in [2.45, 2.75) is 13.8 Å². The number of benzene rings is 1. The molecule has 0 aliphatic carbocycles. The van der Waals surface area contributed by atoms with E-state index in [1.54, 1.807) is 12.1 Å². The van der Waals surface area contributed by atoms with Crippen LogP contribution in [-0.2, 0) is 0 Å². The number of nitrogens with zero attached hydrogens (tertiary/aromatic N) is 3. The Balaban J connectivity index is 1.84. The van der Waals surface area contributed by atoms with E-state index in [0.29, 0.717) is 5.69 Å². The lowest BCUT2D eigenvalue weighted by atomic mass is 10.1. The van der Waals surface area contributed by atoms with Crippen molar-refractivity contribution in [2.24, 2.45) is 0 Å². The van der Waals surface area contributed by atoms with E-state index < -0.39 is 16.5 Å². The van der Waals surface area contributed by atoms with Crippen LogP contribution in [0.2, 0.25) is 0 Å². The molecule has 2 heterocycles. The smallest absolute Gasteiger partial charge is 0.355 e. The lowest BCUT2D eigenvalue weighted by Gasteiger charge is -2.11. The van der Waals surface area contributed by atoms with Crippen molar-refractivity contribution < 1.29 is 14.1 Å². The first-order chi connectivity index (χ1) is 13.0. The van der Waals surface area contributed by atoms with Crippen molar-refractivity contribution in [3.05, 3.63) is 69.9 Å². The molecule has 0 aliphatic heterocycles. The number of hydrazine groups is 1. The van der Waals surface area contributed by atoms with Gasteiger partial charge in [0, 0.05) is 5.69 Å². The minimum atomic E-state index is -0.634. The fourth-order valence-corrected chi connectivity index (χ4v) is 2.28. The molecular weight excluding hydrogens is 352 g/mol. The second-order valence-corrected chi connectivity index (χ2v) is 5.66. The largest absolute Gasteiger partial charge is 0.459 e. The zero-order valence-electron chi connectivity index (χ0n) is 14.5. The van der Waals surface area contributed by atoms with Crippen LogP contribution < -0.4 is 16.2 Å². The highest BCUT2D eigenvalue weighted by molar-refractivity contribution is 5.92. The van der Waals surface area contributed by atoms with Gasteiger partial charge in [0.05, 0.1) is 11.2 Å².